The van der Waals surface area contributed by atoms with Gasteiger partial charge in [-0.1, -0.05) is 30.1 Å². The van der Waals surface area contributed by atoms with Crippen LogP contribution in [0.25, 0.3) is 11.1 Å². The molecule has 0 amide bonds. The summed E-state index contributed by atoms with van der Waals surface area (Å²) in [6, 6.07) is 6.30. The lowest BCUT2D eigenvalue weighted by atomic mass is 9.96. The highest BCUT2D eigenvalue weighted by atomic mass is 19.1. The van der Waals surface area contributed by atoms with Gasteiger partial charge in [0.25, 0.3) is 0 Å². The van der Waals surface area contributed by atoms with E-state index in [4.69, 9.17) is 10.3 Å². The van der Waals surface area contributed by atoms with Crippen LogP contribution in [0, 0.1) is 5.82 Å². The molecule has 1 aliphatic rings. The van der Waals surface area contributed by atoms with Crippen molar-refractivity contribution in [2.75, 3.05) is 5.73 Å². The number of halogens is 1. The van der Waals surface area contributed by atoms with Crippen molar-refractivity contribution in [3.8, 4) is 11.1 Å². The van der Waals surface area contributed by atoms with Crippen LogP contribution in [-0.4, -0.2) is 5.16 Å². The zero-order valence-corrected chi connectivity index (χ0v) is 10.0. The summed E-state index contributed by atoms with van der Waals surface area (Å²) in [6.45, 7) is 0. The van der Waals surface area contributed by atoms with Crippen molar-refractivity contribution in [2.24, 2.45) is 0 Å². The van der Waals surface area contributed by atoms with Gasteiger partial charge in [-0.2, -0.15) is 0 Å². The molecule has 1 aromatic heterocycles. The van der Waals surface area contributed by atoms with Crippen LogP contribution in [0.3, 0.4) is 0 Å². The molecular weight excluding hydrogens is 231 g/mol. The monoisotopic (exact) mass is 246 g/mol. The minimum atomic E-state index is -0.254. The topological polar surface area (TPSA) is 52.0 Å². The Kier molecular flexibility index (Phi) is 2.78. The first-order valence-electron chi connectivity index (χ1n) is 6.26. The molecule has 4 heteroatoms. The highest BCUT2D eigenvalue weighted by Crippen LogP contribution is 2.41. The van der Waals surface area contributed by atoms with E-state index in [2.05, 4.69) is 5.16 Å². The Morgan fingerprint density at radius 2 is 1.83 bits per heavy atom. The Balaban J connectivity index is 2.04. The standard InChI is InChI=1S/C14H15FN2O/c15-11-7-5-9(6-8-11)12-13(17-18-14(12)16)10-3-1-2-4-10/h5-8,10H,1-4,16H2. The predicted molar refractivity (Wildman–Crippen MR) is 67.5 cm³/mol. The van der Waals surface area contributed by atoms with Crippen LogP contribution in [-0.2, 0) is 0 Å². The minimum Gasteiger partial charge on any atom is -0.367 e. The van der Waals surface area contributed by atoms with E-state index in [9.17, 15) is 4.39 Å². The van der Waals surface area contributed by atoms with Gasteiger partial charge >= 0.3 is 0 Å². The molecule has 1 heterocycles. The average molecular weight is 246 g/mol. The summed E-state index contributed by atoms with van der Waals surface area (Å²) in [5.41, 5.74) is 8.49. The van der Waals surface area contributed by atoms with Gasteiger partial charge in [-0.15, -0.1) is 0 Å². The van der Waals surface area contributed by atoms with E-state index in [0.717, 1.165) is 29.7 Å². The molecular formula is C14H15FN2O. The van der Waals surface area contributed by atoms with E-state index < -0.39 is 0 Å². The maximum atomic E-state index is 13.0. The van der Waals surface area contributed by atoms with Gasteiger partial charge in [-0.05, 0) is 30.5 Å². The number of rotatable bonds is 2. The predicted octanol–water partition coefficient (Wildman–Crippen LogP) is 3.72. The Hall–Kier alpha value is -1.84. The summed E-state index contributed by atoms with van der Waals surface area (Å²) in [5, 5.41) is 4.10. The van der Waals surface area contributed by atoms with Crippen LogP contribution in [0.15, 0.2) is 28.8 Å². The first-order chi connectivity index (χ1) is 8.75. The van der Waals surface area contributed by atoms with Crippen LogP contribution in [0.5, 0.6) is 0 Å². The van der Waals surface area contributed by atoms with Crippen LogP contribution < -0.4 is 5.73 Å². The highest BCUT2D eigenvalue weighted by molar-refractivity contribution is 5.75. The fraction of sp³-hybridized carbons (Fsp3) is 0.357. The normalized spacial score (nSPS) is 16.3. The number of hydrogen-bond acceptors (Lipinski definition) is 3. The van der Waals surface area contributed by atoms with Crippen molar-refractivity contribution in [1.29, 1.82) is 0 Å². The quantitative estimate of drug-likeness (QED) is 0.878. The Morgan fingerprint density at radius 3 is 2.50 bits per heavy atom. The second kappa shape index (κ2) is 4.44. The smallest absolute Gasteiger partial charge is 0.230 e. The highest BCUT2D eigenvalue weighted by Gasteiger charge is 2.26. The fourth-order valence-electron chi connectivity index (χ4n) is 2.70. The summed E-state index contributed by atoms with van der Waals surface area (Å²) in [4.78, 5) is 0. The third-order valence-electron chi connectivity index (χ3n) is 3.62. The molecule has 0 radical (unpaired) electrons. The molecule has 0 aliphatic heterocycles. The Morgan fingerprint density at radius 1 is 1.17 bits per heavy atom. The van der Waals surface area contributed by atoms with Gasteiger partial charge in [0.2, 0.25) is 5.88 Å². The molecule has 0 unspecified atom stereocenters. The summed E-state index contributed by atoms with van der Waals surface area (Å²) in [5.74, 6) is 0.491. The first kappa shape index (κ1) is 11.3. The Labute approximate surface area is 105 Å². The molecule has 18 heavy (non-hydrogen) atoms. The minimum absolute atomic E-state index is 0.254. The van der Waals surface area contributed by atoms with Crippen LogP contribution in [0.1, 0.15) is 37.3 Å². The second-order valence-corrected chi connectivity index (χ2v) is 4.80. The van der Waals surface area contributed by atoms with Gasteiger partial charge in [0, 0.05) is 5.92 Å². The molecule has 0 saturated heterocycles. The largest absolute Gasteiger partial charge is 0.367 e. The molecule has 0 spiro atoms. The molecule has 1 saturated carbocycles. The van der Waals surface area contributed by atoms with E-state index in [1.807, 2.05) is 0 Å². The third kappa shape index (κ3) is 1.88. The maximum absolute atomic E-state index is 13.0. The van der Waals surface area contributed by atoms with E-state index in [1.54, 1.807) is 12.1 Å². The van der Waals surface area contributed by atoms with Crippen molar-refractivity contribution in [2.45, 2.75) is 31.6 Å². The molecule has 3 rings (SSSR count). The van der Waals surface area contributed by atoms with Crippen LogP contribution in [0.4, 0.5) is 10.3 Å². The fourth-order valence-corrected chi connectivity index (χ4v) is 2.70. The SMILES string of the molecule is Nc1onc(C2CCCC2)c1-c1ccc(F)cc1. The van der Waals surface area contributed by atoms with E-state index in [1.165, 1.54) is 25.0 Å². The van der Waals surface area contributed by atoms with Crippen molar-refractivity contribution in [3.05, 3.63) is 35.8 Å². The van der Waals surface area contributed by atoms with Gasteiger partial charge < -0.3 is 10.3 Å². The average Bonchev–Trinajstić information content (AvgIpc) is 2.99. The molecule has 1 aromatic carbocycles. The molecule has 1 fully saturated rings. The van der Waals surface area contributed by atoms with Gasteiger partial charge in [0.15, 0.2) is 0 Å². The van der Waals surface area contributed by atoms with Crippen molar-refractivity contribution >= 4 is 5.88 Å². The number of nitrogens with two attached hydrogens (primary N) is 1. The Bertz CT molecular complexity index is 541. The van der Waals surface area contributed by atoms with Gasteiger partial charge in [0.05, 0.1) is 11.3 Å². The zero-order chi connectivity index (χ0) is 12.5. The molecule has 1 aliphatic carbocycles. The van der Waals surface area contributed by atoms with Gasteiger partial charge in [-0.25, -0.2) is 4.39 Å². The number of nitrogens with zero attached hydrogens (tertiary/aromatic N) is 1. The first-order valence-corrected chi connectivity index (χ1v) is 6.26. The maximum Gasteiger partial charge on any atom is 0.230 e. The zero-order valence-electron chi connectivity index (χ0n) is 10.0. The lowest BCUT2D eigenvalue weighted by Gasteiger charge is -2.08. The van der Waals surface area contributed by atoms with E-state index in [-0.39, 0.29) is 5.82 Å². The number of nitrogen functional groups attached to an aromatic ring is 1. The number of benzene rings is 1. The van der Waals surface area contributed by atoms with Crippen LogP contribution in [0.2, 0.25) is 0 Å². The summed E-state index contributed by atoms with van der Waals surface area (Å²) in [6.07, 6.45) is 4.70. The van der Waals surface area contributed by atoms with Gasteiger partial charge in [0.1, 0.15) is 5.82 Å². The second-order valence-electron chi connectivity index (χ2n) is 4.80. The van der Waals surface area contributed by atoms with Gasteiger partial charge in [-0.3, -0.25) is 0 Å². The van der Waals surface area contributed by atoms with Crippen molar-refractivity contribution < 1.29 is 8.91 Å². The lowest BCUT2D eigenvalue weighted by molar-refractivity contribution is 0.420. The number of anilines is 1. The summed E-state index contributed by atoms with van der Waals surface area (Å²) in [7, 11) is 0. The molecule has 94 valence electrons. The molecule has 0 atom stereocenters. The van der Waals surface area contributed by atoms with E-state index in [0.29, 0.717) is 11.8 Å². The van der Waals surface area contributed by atoms with Crippen molar-refractivity contribution in [1.82, 2.24) is 5.16 Å². The number of aromatic nitrogens is 1. The lowest BCUT2D eigenvalue weighted by Crippen LogP contribution is -1.96. The molecule has 3 nitrogen and oxygen atoms in total. The van der Waals surface area contributed by atoms with Crippen LogP contribution >= 0.6 is 0 Å². The summed E-state index contributed by atoms with van der Waals surface area (Å²) >= 11 is 0. The third-order valence-corrected chi connectivity index (χ3v) is 3.62. The summed E-state index contributed by atoms with van der Waals surface area (Å²) < 4.78 is 18.1. The van der Waals surface area contributed by atoms with Crippen molar-refractivity contribution in [3.63, 3.8) is 0 Å². The number of hydrogen-bond donors (Lipinski definition) is 1. The molecule has 2 aromatic rings. The molecule has 0 bridgehead atoms. The molecule has 2 N–H and O–H groups in total. The van der Waals surface area contributed by atoms with E-state index >= 15 is 0 Å².